The largest absolute Gasteiger partial charge is 0.391 e. The van der Waals surface area contributed by atoms with Crippen molar-refractivity contribution in [1.82, 2.24) is 24.9 Å². The van der Waals surface area contributed by atoms with Gasteiger partial charge >= 0.3 is 0 Å². The Hall–Kier alpha value is -2.68. The zero-order valence-corrected chi connectivity index (χ0v) is 17.4. The van der Waals surface area contributed by atoms with Crippen molar-refractivity contribution in [1.29, 1.82) is 0 Å². The van der Waals surface area contributed by atoms with E-state index < -0.39 is 6.10 Å². The molecule has 1 aliphatic heterocycles. The fourth-order valence-corrected chi connectivity index (χ4v) is 4.60. The summed E-state index contributed by atoms with van der Waals surface area (Å²) in [6.45, 7) is 1.32. The maximum atomic E-state index is 12.5. The Balaban J connectivity index is 1.51. The van der Waals surface area contributed by atoms with Crippen LogP contribution in [0.2, 0.25) is 0 Å². The molecule has 1 aliphatic carbocycles. The number of carbonyl (C=O) groups is 1. The van der Waals surface area contributed by atoms with Crippen LogP contribution in [-0.2, 0) is 7.05 Å². The van der Waals surface area contributed by atoms with Crippen LogP contribution >= 0.6 is 0 Å². The van der Waals surface area contributed by atoms with Crippen LogP contribution in [0, 0.1) is 0 Å². The number of nitrogens with zero attached hydrogens (tertiary/aromatic N) is 5. The fraction of sp³-hybridized carbons (Fsp3) is 0.619. The van der Waals surface area contributed by atoms with Gasteiger partial charge in [-0.15, -0.1) is 0 Å². The molecule has 9 heteroatoms. The highest BCUT2D eigenvalue weighted by Crippen LogP contribution is 2.28. The van der Waals surface area contributed by atoms with Crippen molar-refractivity contribution in [3.8, 4) is 0 Å². The zero-order chi connectivity index (χ0) is 21.1. The molecule has 3 atom stereocenters. The summed E-state index contributed by atoms with van der Waals surface area (Å²) in [6, 6.07) is 4.84. The number of aliphatic hydroxyl groups excluding tert-OH is 1. The molecule has 0 aromatic carbocycles. The minimum absolute atomic E-state index is 0.102. The van der Waals surface area contributed by atoms with Crippen LogP contribution in [0.25, 0.3) is 0 Å². The normalized spacial score (nSPS) is 24.6. The van der Waals surface area contributed by atoms with Gasteiger partial charge in [-0.2, -0.15) is 10.2 Å². The van der Waals surface area contributed by atoms with Crippen molar-refractivity contribution < 1.29 is 9.90 Å². The molecule has 4 rings (SSSR count). The van der Waals surface area contributed by atoms with Crippen molar-refractivity contribution in [2.75, 3.05) is 18.0 Å². The SMILES string of the molecule is Cn1nccc1C(=O)NCC1CCCCN1c1ccc(=O)n(C2CCCCC2O)n1. The predicted molar refractivity (Wildman–Crippen MR) is 113 cm³/mol. The Morgan fingerprint density at radius 1 is 1.17 bits per heavy atom. The molecule has 1 saturated heterocycles. The smallest absolute Gasteiger partial charge is 0.269 e. The second-order valence-corrected chi connectivity index (χ2v) is 8.29. The summed E-state index contributed by atoms with van der Waals surface area (Å²) in [6.07, 6.45) is 7.59. The third-order valence-corrected chi connectivity index (χ3v) is 6.29. The zero-order valence-electron chi connectivity index (χ0n) is 17.4. The minimum atomic E-state index is -0.533. The Morgan fingerprint density at radius 2 is 1.97 bits per heavy atom. The van der Waals surface area contributed by atoms with Crippen LogP contribution in [0.5, 0.6) is 0 Å². The van der Waals surface area contributed by atoms with Crippen molar-refractivity contribution in [2.45, 2.75) is 63.1 Å². The number of aliphatic hydroxyl groups is 1. The highest BCUT2D eigenvalue weighted by atomic mass is 16.3. The lowest BCUT2D eigenvalue weighted by atomic mass is 9.93. The summed E-state index contributed by atoms with van der Waals surface area (Å²) in [5.74, 6) is 0.579. The molecule has 0 spiro atoms. The number of piperidine rings is 1. The molecule has 2 N–H and O–H groups in total. The Morgan fingerprint density at radius 3 is 2.73 bits per heavy atom. The second kappa shape index (κ2) is 8.99. The summed E-state index contributed by atoms with van der Waals surface area (Å²) < 4.78 is 3.03. The monoisotopic (exact) mass is 414 g/mol. The fourth-order valence-electron chi connectivity index (χ4n) is 4.60. The molecule has 0 radical (unpaired) electrons. The van der Waals surface area contributed by atoms with E-state index in [-0.39, 0.29) is 23.6 Å². The first-order chi connectivity index (χ1) is 14.5. The first kappa shape index (κ1) is 20.6. The molecular weight excluding hydrogens is 384 g/mol. The molecule has 3 heterocycles. The van der Waals surface area contributed by atoms with Crippen molar-refractivity contribution >= 4 is 11.7 Å². The van der Waals surface area contributed by atoms with Gasteiger partial charge in [-0.3, -0.25) is 14.3 Å². The molecule has 9 nitrogen and oxygen atoms in total. The summed E-state index contributed by atoms with van der Waals surface area (Å²) >= 11 is 0. The first-order valence-electron chi connectivity index (χ1n) is 10.9. The number of nitrogens with one attached hydrogen (secondary N) is 1. The summed E-state index contributed by atoms with van der Waals surface area (Å²) in [5.41, 5.74) is 0.345. The van der Waals surface area contributed by atoms with Gasteiger partial charge < -0.3 is 15.3 Å². The van der Waals surface area contributed by atoms with E-state index in [2.05, 4.69) is 20.4 Å². The van der Waals surface area contributed by atoms with Crippen molar-refractivity contribution in [3.05, 3.63) is 40.4 Å². The lowest BCUT2D eigenvalue weighted by Crippen LogP contribution is -2.48. The van der Waals surface area contributed by atoms with Gasteiger partial charge in [-0.1, -0.05) is 12.8 Å². The molecule has 30 heavy (non-hydrogen) atoms. The quantitative estimate of drug-likeness (QED) is 0.763. The Labute approximate surface area is 175 Å². The van der Waals surface area contributed by atoms with Gasteiger partial charge in [0.05, 0.1) is 12.1 Å². The van der Waals surface area contributed by atoms with Gasteiger partial charge in [0.25, 0.3) is 11.5 Å². The van der Waals surface area contributed by atoms with Crippen LogP contribution in [-0.4, -0.2) is 55.8 Å². The number of hydrogen-bond acceptors (Lipinski definition) is 6. The van der Waals surface area contributed by atoms with Crippen LogP contribution in [0.4, 0.5) is 5.82 Å². The Bertz CT molecular complexity index is 939. The van der Waals surface area contributed by atoms with E-state index in [1.807, 2.05) is 0 Å². The van der Waals surface area contributed by atoms with E-state index in [4.69, 9.17) is 0 Å². The van der Waals surface area contributed by atoms with Gasteiger partial charge in [0.1, 0.15) is 11.5 Å². The summed E-state index contributed by atoms with van der Waals surface area (Å²) in [4.78, 5) is 27.1. The van der Waals surface area contributed by atoms with E-state index in [1.54, 1.807) is 36.1 Å². The molecule has 1 saturated carbocycles. The van der Waals surface area contributed by atoms with Gasteiger partial charge in [-0.05, 0) is 44.2 Å². The highest BCUT2D eigenvalue weighted by Gasteiger charge is 2.29. The first-order valence-corrected chi connectivity index (χ1v) is 10.9. The molecule has 3 unspecified atom stereocenters. The third kappa shape index (κ3) is 4.26. The summed E-state index contributed by atoms with van der Waals surface area (Å²) in [5, 5.41) is 22.1. The highest BCUT2D eigenvalue weighted by molar-refractivity contribution is 5.92. The standard InChI is InChI=1S/C21H30N6O3/c1-25-17(11-12-23-25)21(30)22-14-15-6-4-5-13-26(15)19-9-10-20(29)27(24-19)16-7-2-3-8-18(16)28/h9-12,15-16,18,28H,2-8,13-14H2,1H3,(H,22,30). The minimum Gasteiger partial charge on any atom is -0.391 e. The van der Waals surface area contributed by atoms with E-state index >= 15 is 0 Å². The molecule has 2 aliphatic rings. The topological polar surface area (TPSA) is 105 Å². The van der Waals surface area contributed by atoms with Gasteiger partial charge in [0.2, 0.25) is 0 Å². The molecule has 162 valence electrons. The summed E-state index contributed by atoms with van der Waals surface area (Å²) in [7, 11) is 1.74. The molecule has 2 fully saturated rings. The Kier molecular flexibility index (Phi) is 6.17. The molecule has 1 amide bonds. The number of amides is 1. The molecule has 2 aromatic rings. The van der Waals surface area contributed by atoms with E-state index in [0.29, 0.717) is 18.7 Å². The van der Waals surface area contributed by atoms with E-state index in [1.165, 1.54) is 4.68 Å². The van der Waals surface area contributed by atoms with Crippen molar-refractivity contribution in [3.63, 3.8) is 0 Å². The van der Waals surface area contributed by atoms with Gasteiger partial charge in [0, 0.05) is 38.4 Å². The number of aromatic nitrogens is 4. The number of carbonyl (C=O) groups excluding carboxylic acids is 1. The number of anilines is 1. The molecule has 0 bridgehead atoms. The molecule has 2 aromatic heterocycles. The number of hydrogen-bond donors (Lipinski definition) is 2. The average molecular weight is 415 g/mol. The lowest BCUT2D eigenvalue weighted by Gasteiger charge is -2.37. The average Bonchev–Trinajstić information content (AvgIpc) is 3.19. The lowest BCUT2D eigenvalue weighted by molar-refractivity contribution is 0.0669. The number of rotatable bonds is 5. The predicted octanol–water partition coefficient (Wildman–Crippen LogP) is 1.24. The van der Waals surface area contributed by atoms with E-state index in [0.717, 1.165) is 50.9 Å². The number of aryl methyl sites for hydroxylation is 1. The van der Waals surface area contributed by atoms with Crippen molar-refractivity contribution in [2.24, 2.45) is 7.05 Å². The second-order valence-electron chi connectivity index (χ2n) is 8.29. The molecular formula is C21H30N6O3. The van der Waals surface area contributed by atoms with Gasteiger partial charge in [-0.25, -0.2) is 4.68 Å². The van der Waals surface area contributed by atoms with Crippen LogP contribution in [0.3, 0.4) is 0 Å². The van der Waals surface area contributed by atoms with Gasteiger partial charge in [0.15, 0.2) is 0 Å². The van der Waals surface area contributed by atoms with Crippen LogP contribution in [0.15, 0.2) is 29.2 Å². The van der Waals surface area contributed by atoms with Crippen LogP contribution < -0.4 is 15.8 Å². The van der Waals surface area contributed by atoms with Crippen LogP contribution in [0.1, 0.15) is 61.5 Å². The van der Waals surface area contributed by atoms with E-state index in [9.17, 15) is 14.7 Å². The maximum absolute atomic E-state index is 12.5. The maximum Gasteiger partial charge on any atom is 0.269 e. The third-order valence-electron chi connectivity index (χ3n) is 6.29.